The highest BCUT2D eigenvalue weighted by atomic mass is 16.6. The minimum absolute atomic E-state index is 0.151. The predicted molar refractivity (Wildman–Crippen MR) is 64.1 cm³/mol. The molecule has 2 N–H and O–H groups in total. The third-order valence-electron chi connectivity index (χ3n) is 2.89. The Kier molecular flexibility index (Phi) is 5.42. The van der Waals surface area contributed by atoms with E-state index in [-0.39, 0.29) is 18.7 Å². The fraction of sp³-hybridized carbons (Fsp3) is 0.917. The lowest BCUT2D eigenvalue weighted by atomic mass is 9.75. The lowest BCUT2D eigenvalue weighted by molar-refractivity contribution is -0.159. The van der Waals surface area contributed by atoms with Crippen LogP contribution in [-0.4, -0.2) is 30.8 Å². The van der Waals surface area contributed by atoms with Crippen LogP contribution in [0.25, 0.3) is 0 Å². The van der Waals surface area contributed by atoms with Gasteiger partial charge in [0, 0.05) is 5.54 Å². The molecule has 0 amide bonds. The SMILES string of the molecule is CC(C)OCCOC(=O)C(C)(C)C(C)(C)N. The molecule has 0 atom stereocenters. The van der Waals surface area contributed by atoms with Crippen LogP contribution in [0, 0.1) is 5.41 Å². The van der Waals surface area contributed by atoms with Crippen LogP contribution in [0.3, 0.4) is 0 Å². The van der Waals surface area contributed by atoms with E-state index < -0.39 is 11.0 Å². The van der Waals surface area contributed by atoms with Crippen LogP contribution in [0.2, 0.25) is 0 Å². The van der Waals surface area contributed by atoms with Gasteiger partial charge in [0.1, 0.15) is 6.61 Å². The van der Waals surface area contributed by atoms with E-state index >= 15 is 0 Å². The van der Waals surface area contributed by atoms with Gasteiger partial charge < -0.3 is 15.2 Å². The molecule has 4 heteroatoms. The van der Waals surface area contributed by atoms with E-state index in [9.17, 15) is 4.79 Å². The van der Waals surface area contributed by atoms with Crippen molar-refractivity contribution in [3.8, 4) is 0 Å². The predicted octanol–water partition coefficient (Wildman–Crippen LogP) is 1.72. The minimum atomic E-state index is -0.704. The van der Waals surface area contributed by atoms with E-state index in [2.05, 4.69) is 0 Å². The Morgan fingerprint density at radius 2 is 1.69 bits per heavy atom. The maximum Gasteiger partial charge on any atom is 0.313 e. The van der Waals surface area contributed by atoms with Crippen LogP contribution in [-0.2, 0) is 14.3 Å². The highest BCUT2D eigenvalue weighted by Crippen LogP contribution is 2.29. The van der Waals surface area contributed by atoms with Crippen molar-refractivity contribution in [2.75, 3.05) is 13.2 Å². The first-order chi connectivity index (χ1) is 7.09. The summed E-state index contributed by atoms with van der Waals surface area (Å²) in [5.74, 6) is -0.285. The lowest BCUT2D eigenvalue weighted by Crippen LogP contribution is -2.52. The normalized spacial score (nSPS) is 13.0. The summed E-state index contributed by atoms with van der Waals surface area (Å²) in [5.41, 5.74) is 4.62. The van der Waals surface area contributed by atoms with Crippen molar-refractivity contribution in [3.63, 3.8) is 0 Å². The summed E-state index contributed by atoms with van der Waals surface area (Å²) in [6.07, 6.45) is 0.151. The summed E-state index contributed by atoms with van der Waals surface area (Å²) >= 11 is 0. The van der Waals surface area contributed by atoms with Gasteiger partial charge in [-0.1, -0.05) is 0 Å². The van der Waals surface area contributed by atoms with Gasteiger partial charge in [0.2, 0.25) is 0 Å². The average Bonchev–Trinajstić information content (AvgIpc) is 2.09. The number of carbonyl (C=O) groups excluding carboxylic acids is 1. The summed E-state index contributed by atoms with van der Waals surface area (Å²) in [5, 5.41) is 0. The Morgan fingerprint density at radius 1 is 1.19 bits per heavy atom. The third kappa shape index (κ3) is 4.49. The second-order valence-electron chi connectivity index (χ2n) is 5.40. The largest absolute Gasteiger partial charge is 0.463 e. The second-order valence-corrected chi connectivity index (χ2v) is 5.40. The Balaban J connectivity index is 4.07. The Bertz CT molecular complexity index is 229. The molecule has 0 rings (SSSR count). The Labute approximate surface area is 98.5 Å². The molecule has 0 spiro atoms. The molecule has 16 heavy (non-hydrogen) atoms. The van der Waals surface area contributed by atoms with Gasteiger partial charge in [-0.05, 0) is 41.5 Å². The van der Waals surface area contributed by atoms with Crippen molar-refractivity contribution >= 4 is 5.97 Å². The van der Waals surface area contributed by atoms with Crippen molar-refractivity contribution < 1.29 is 14.3 Å². The highest BCUT2D eigenvalue weighted by Gasteiger charge is 2.41. The van der Waals surface area contributed by atoms with E-state index in [1.165, 1.54) is 0 Å². The van der Waals surface area contributed by atoms with Crippen LogP contribution in [0.1, 0.15) is 41.5 Å². The molecule has 0 unspecified atom stereocenters. The van der Waals surface area contributed by atoms with Gasteiger partial charge in [0.05, 0.1) is 18.1 Å². The summed E-state index contributed by atoms with van der Waals surface area (Å²) in [7, 11) is 0. The zero-order valence-corrected chi connectivity index (χ0v) is 11.3. The Morgan fingerprint density at radius 3 is 2.06 bits per heavy atom. The first-order valence-corrected chi connectivity index (χ1v) is 5.66. The standard InChI is InChI=1S/C12H25NO3/c1-9(2)15-7-8-16-10(14)11(3,4)12(5,6)13/h9H,7-8,13H2,1-6H3. The molecular formula is C12H25NO3. The number of carbonyl (C=O) groups is 1. The first kappa shape index (κ1) is 15.4. The molecule has 0 bridgehead atoms. The molecule has 96 valence electrons. The van der Waals surface area contributed by atoms with Gasteiger partial charge in [-0.3, -0.25) is 4.79 Å². The molecule has 0 aromatic carbocycles. The van der Waals surface area contributed by atoms with Gasteiger partial charge in [-0.15, -0.1) is 0 Å². The number of hydrogen-bond donors (Lipinski definition) is 1. The summed E-state index contributed by atoms with van der Waals surface area (Å²) < 4.78 is 10.4. The lowest BCUT2D eigenvalue weighted by Gasteiger charge is -2.35. The van der Waals surface area contributed by atoms with Gasteiger partial charge in [0.25, 0.3) is 0 Å². The number of hydrogen-bond acceptors (Lipinski definition) is 4. The van der Waals surface area contributed by atoms with E-state index in [0.29, 0.717) is 6.61 Å². The van der Waals surface area contributed by atoms with Gasteiger partial charge in [-0.2, -0.15) is 0 Å². The van der Waals surface area contributed by atoms with Crippen LogP contribution >= 0.6 is 0 Å². The number of nitrogens with two attached hydrogens (primary N) is 1. The maximum absolute atomic E-state index is 11.8. The number of ether oxygens (including phenoxy) is 2. The molecule has 0 aliphatic carbocycles. The highest BCUT2D eigenvalue weighted by molar-refractivity contribution is 5.77. The zero-order valence-electron chi connectivity index (χ0n) is 11.3. The summed E-state index contributed by atoms with van der Waals surface area (Å²) in [6.45, 7) is 11.8. The maximum atomic E-state index is 11.8. The van der Waals surface area contributed by atoms with E-state index in [0.717, 1.165) is 0 Å². The first-order valence-electron chi connectivity index (χ1n) is 5.66. The third-order valence-corrected chi connectivity index (χ3v) is 2.89. The van der Waals surface area contributed by atoms with Crippen LogP contribution in [0.5, 0.6) is 0 Å². The molecule has 0 heterocycles. The van der Waals surface area contributed by atoms with Crippen molar-refractivity contribution in [2.24, 2.45) is 11.1 Å². The molecule has 0 aliphatic rings. The average molecular weight is 231 g/mol. The van der Waals surface area contributed by atoms with E-state index in [1.54, 1.807) is 13.8 Å². The Hall–Kier alpha value is -0.610. The van der Waals surface area contributed by atoms with Crippen molar-refractivity contribution in [3.05, 3.63) is 0 Å². The van der Waals surface area contributed by atoms with Crippen molar-refractivity contribution in [2.45, 2.75) is 53.2 Å². The molecule has 0 aliphatic heterocycles. The van der Waals surface area contributed by atoms with Gasteiger partial charge >= 0.3 is 5.97 Å². The molecule has 0 saturated carbocycles. The quantitative estimate of drug-likeness (QED) is 0.558. The molecule has 0 radical (unpaired) electrons. The van der Waals surface area contributed by atoms with Crippen LogP contribution < -0.4 is 5.73 Å². The topological polar surface area (TPSA) is 61.5 Å². The second kappa shape index (κ2) is 5.64. The van der Waals surface area contributed by atoms with E-state index in [4.69, 9.17) is 15.2 Å². The molecule has 0 fully saturated rings. The van der Waals surface area contributed by atoms with Crippen LogP contribution in [0.15, 0.2) is 0 Å². The molecule has 0 aromatic heterocycles. The summed E-state index contributed by atoms with van der Waals surface area (Å²) in [6, 6.07) is 0. The van der Waals surface area contributed by atoms with Gasteiger partial charge in [0.15, 0.2) is 0 Å². The van der Waals surface area contributed by atoms with Gasteiger partial charge in [-0.25, -0.2) is 0 Å². The number of rotatable bonds is 6. The zero-order chi connectivity index (χ0) is 13.0. The van der Waals surface area contributed by atoms with Crippen molar-refractivity contribution in [1.29, 1.82) is 0 Å². The molecular weight excluding hydrogens is 206 g/mol. The van der Waals surface area contributed by atoms with Crippen LogP contribution in [0.4, 0.5) is 0 Å². The monoisotopic (exact) mass is 231 g/mol. The van der Waals surface area contributed by atoms with E-state index in [1.807, 2.05) is 27.7 Å². The smallest absolute Gasteiger partial charge is 0.313 e. The fourth-order valence-electron chi connectivity index (χ4n) is 0.862. The molecule has 0 saturated heterocycles. The molecule has 0 aromatic rings. The fourth-order valence-corrected chi connectivity index (χ4v) is 0.862. The molecule has 4 nitrogen and oxygen atoms in total. The summed E-state index contributed by atoms with van der Waals surface area (Å²) in [4.78, 5) is 11.8. The van der Waals surface area contributed by atoms with Crippen molar-refractivity contribution in [1.82, 2.24) is 0 Å². The minimum Gasteiger partial charge on any atom is -0.463 e. The number of esters is 1.